The zero-order chi connectivity index (χ0) is 18.7. The predicted octanol–water partition coefficient (Wildman–Crippen LogP) is 4.43. The van der Waals surface area contributed by atoms with Crippen LogP contribution in [0.15, 0.2) is 42.5 Å². The zero-order valence-electron chi connectivity index (χ0n) is 15.7. The van der Waals surface area contributed by atoms with Crippen molar-refractivity contribution in [1.82, 2.24) is 4.90 Å². The monoisotopic (exact) mass is 350 g/mol. The Balaban J connectivity index is 1.68. The van der Waals surface area contributed by atoms with E-state index in [-0.39, 0.29) is 11.8 Å². The number of piperidine rings is 1. The third-order valence-corrected chi connectivity index (χ3v) is 5.11. The Labute approximate surface area is 155 Å². The highest BCUT2D eigenvalue weighted by atomic mass is 16.2. The number of nitrogens with zero attached hydrogens (tertiary/aromatic N) is 1. The van der Waals surface area contributed by atoms with Crippen molar-refractivity contribution in [3.8, 4) is 0 Å². The van der Waals surface area contributed by atoms with E-state index >= 15 is 0 Å². The van der Waals surface area contributed by atoms with Crippen LogP contribution in [0.25, 0.3) is 0 Å². The Hall–Kier alpha value is -2.62. The second-order valence-corrected chi connectivity index (χ2v) is 7.32. The average Bonchev–Trinajstić information content (AvgIpc) is 2.65. The summed E-state index contributed by atoms with van der Waals surface area (Å²) in [4.78, 5) is 27.0. The lowest BCUT2D eigenvalue weighted by Crippen LogP contribution is -2.37. The van der Waals surface area contributed by atoms with Crippen molar-refractivity contribution in [2.45, 2.75) is 33.6 Å². The van der Waals surface area contributed by atoms with Gasteiger partial charge in [-0.25, -0.2) is 0 Å². The van der Waals surface area contributed by atoms with Crippen LogP contribution in [0.4, 0.5) is 5.69 Å². The summed E-state index contributed by atoms with van der Waals surface area (Å²) in [6, 6.07) is 12.9. The van der Waals surface area contributed by atoms with Gasteiger partial charge >= 0.3 is 0 Å². The lowest BCUT2D eigenvalue weighted by molar-refractivity contribution is 0.0697. The van der Waals surface area contributed by atoms with Gasteiger partial charge in [0.25, 0.3) is 11.8 Å². The van der Waals surface area contributed by atoms with Crippen LogP contribution in [0.2, 0.25) is 0 Å². The number of aryl methyl sites for hydroxylation is 2. The quantitative estimate of drug-likeness (QED) is 0.890. The second kappa shape index (κ2) is 7.73. The number of amides is 2. The van der Waals surface area contributed by atoms with Crippen molar-refractivity contribution in [2.24, 2.45) is 5.92 Å². The molecule has 26 heavy (non-hydrogen) atoms. The second-order valence-electron chi connectivity index (χ2n) is 7.32. The molecule has 1 heterocycles. The first kappa shape index (κ1) is 18.2. The average molecular weight is 350 g/mol. The summed E-state index contributed by atoms with van der Waals surface area (Å²) in [5, 5.41) is 2.95. The van der Waals surface area contributed by atoms with Crippen molar-refractivity contribution < 1.29 is 9.59 Å². The third kappa shape index (κ3) is 4.13. The van der Waals surface area contributed by atoms with Gasteiger partial charge < -0.3 is 10.2 Å². The van der Waals surface area contributed by atoms with Crippen molar-refractivity contribution in [2.75, 3.05) is 18.4 Å². The van der Waals surface area contributed by atoms with Gasteiger partial charge in [0, 0.05) is 29.9 Å². The summed E-state index contributed by atoms with van der Waals surface area (Å²) in [6.07, 6.45) is 2.12. The van der Waals surface area contributed by atoms with Gasteiger partial charge in [0.05, 0.1) is 0 Å². The summed E-state index contributed by atoms with van der Waals surface area (Å²) in [5.41, 5.74) is 4.13. The predicted molar refractivity (Wildman–Crippen MR) is 105 cm³/mol. The first-order chi connectivity index (χ1) is 12.4. The van der Waals surface area contributed by atoms with E-state index in [1.165, 1.54) is 0 Å². The summed E-state index contributed by atoms with van der Waals surface area (Å²) in [7, 11) is 0. The molecule has 1 fully saturated rings. The molecule has 2 aromatic rings. The van der Waals surface area contributed by atoms with Crippen molar-refractivity contribution in [3.63, 3.8) is 0 Å². The largest absolute Gasteiger partial charge is 0.339 e. The van der Waals surface area contributed by atoms with Gasteiger partial charge in [0.15, 0.2) is 0 Å². The third-order valence-electron chi connectivity index (χ3n) is 5.11. The van der Waals surface area contributed by atoms with Gasteiger partial charge in [-0.05, 0) is 74.1 Å². The number of hydrogen-bond acceptors (Lipinski definition) is 2. The number of likely N-dealkylation sites (tertiary alicyclic amines) is 1. The highest BCUT2D eigenvalue weighted by Crippen LogP contribution is 2.20. The first-order valence-corrected chi connectivity index (χ1v) is 9.22. The lowest BCUT2D eigenvalue weighted by Gasteiger charge is -2.30. The number of benzene rings is 2. The smallest absolute Gasteiger partial charge is 0.255 e. The van der Waals surface area contributed by atoms with E-state index in [0.29, 0.717) is 17.0 Å². The van der Waals surface area contributed by atoms with Gasteiger partial charge in [-0.2, -0.15) is 0 Å². The molecule has 0 bridgehead atoms. The molecule has 2 amide bonds. The van der Waals surface area contributed by atoms with Crippen LogP contribution < -0.4 is 5.32 Å². The fourth-order valence-corrected chi connectivity index (χ4v) is 3.22. The van der Waals surface area contributed by atoms with Crippen LogP contribution in [0.3, 0.4) is 0 Å². The van der Waals surface area contributed by atoms with Crippen molar-refractivity contribution in [3.05, 3.63) is 64.7 Å². The molecule has 1 aliphatic heterocycles. The molecule has 0 unspecified atom stereocenters. The molecule has 4 heteroatoms. The van der Waals surface area contributed by atoms with Crippen LogP contribution in [-0.4, -0.2) is 29.8 Å². The van der Waals surface area contributed by atoms with Gasteiger partial charge in [-0.15, -0.1) is 0 Å². The Morgan fingerprint density at radius 3 is 2.23 bits per heavy atom. The van der Waals surface area contributed by atoms with Gasteiger partial charge in [-0.3, -0.25) is 9.59 Å². The van der Waals surface area contributed by atoms with E-state index in [0.717, 1.165) is 42.7 Å². The van der Waals surface area contributed by atoms with Gasteiger partial charge in [0.1, 0.15) is 0 Å². The minimum Gasteiger partial charge on any atom is -0.339 e. The minimum atomic E-state index is -0.163. The van der Waals surface area contributed by atoms with Gasteiger partial charge in [-0.1, -0.05) is 19.1 Å². The first-order valence-electron chi connectivity index (χ1n) is 9.22. The maximum absolute atomic E-state index is 12.6. The maximum Gasteiger partial charge on any atom is 0.255 e. The Kier molecular flexibility index (Phi) is 5.40. The normalized spacial score (nSPS) is 15.0. The summed E-state index contributed by atoms with van der Waals surface area (Å²) >= 11 is 0. The topological polar surface area (TPSA) is 49.4 Å². The van der Waals surface area contributed by atoms with Gasteiger partial charge in [0.2, 0.25) is 0 Å². The van der Waals surface area contributed by atoms with E-state index < -0.39 is 0 Å². The molecule has 0 radical (unpaired) electrons. The number of anilines is 1. The highest BCUT2D eigenvalue weighted by molar-refractivity contribution is 6.05. The van der Waals surface area contributed by atoms with E-state index in [4.69, 9.17) is 0 Å². The number of hydrogen-bond donors (Lipinski definition) is 1. The Morgan fingerprint density at radius 2 is 1.58 bits per heavy atom. The highest BCUT2D eigenvalue weighted by Gasteiger charge is 2.21. The molecule has 0 aliphatic carbocycles. The van der Waals surface area contributed by atoms with Crippen molar-refractivity contribution >= 4 is 17.5 Å². The molecule has 0 saturated carbocycles. The molecular weight excluding hydrogens is 324 g/mol. The molecule has 1 saturated heterocycles. The maximum atomic E-state index is 12.6. The minimum absolute atomic E-state index is 0.0541. The number of rotatable bonds is 3. The molecule has 0 spiro atoms. The molecule has 0 atom stereocenters. The van der Waals surface area contributed by atoms with E-state index in [9.17, 15) is 9.59 Å². The SMILES string of the molecule is Cc1ccc(C)c(NC(=O)c2ccc(C(=O)N3CCC(C)CC3)cc2)c1. The number of nitrogens with one attached hydrogen (secondary N) is 1. The molecule has 0 aromatic heterocycles. The number of carbonyl (C=O) groups excluding carboxylic acids is 2. The fourth-order valence-electron chi connectivity index (χ4n) is 3.22. The van der Waals surface area contributed by atoms with Crippen LogP contribution in [-0.2, 0) is 0 Å². The van der Waals surface area contributed by atoms with Crippen LogP contribution in [0.5, 0.6) is 0 Å². The number of carbonyl (C=O) groups is 2. The molecule has 1 aliphatic rings. The summed E-state index contributed by atoms with van der Waals surface area (Å²) in [6.45, 7) is 7.82. The van der Waals surface area contributed by atoms with Crippen LogP contribution in [0, 0.1) is 19.8 Å². The molecule has 3 rings (SSSR count). The molecule has 2 aromatic carbocycles. The molecule has 1 N–H and O–H groups in total. The van der Waals surface area contributed by atoms with Crippen molar-refractivity contribution in [1.29, 1.82) is 0 Å². The standard InChI is InChI=1S/C22H26N2O2/c1-15-10-12-24(13-11-15)22(26)19-8-6-18(7-9-19)21(25)23-20-14-16(2)4-5-17(20)3/h4-9,14-15H,10-13H2,1-3H3,(H,23,25). The van der Waals surface area contributed by atoms with E-state index in [2.05, 4.69) is 12.2 Å². The lowest BCUT2D eigenvalue weighted by atomic mass is 9.98. The summed E-state index contributed by atoms with van der Waals surface area (Å²) < 4.78 is 0. The fraction of sp³-hybridized carbons (Fsp3) is 0.364. The van der Waals surface area contributed by atoms with E-state index in [1.54, 1.807) is 24.3 Å². The Morgan fingerprint density at radius 1 is 0.962 bits per heavy atom. The van der Waals surface area contributed by atoms with E-state index in [1.807, 2.05) is 36.9 Å². The summed E-state index contributed by atoms with van der Waals surface area (Å²) in [5.74, 6) is 0.582. The molecular formula is C22H26N2O2. The molecule has 4 nitrogen and oxygen atoms in total. The zero-order valence-corrected chi connectivity index (χ0v) is 15.7. The Bertz CT molecular complexity index is 803. The van der Waals surface area contributed by atoms with Crippen LogP contribution >= 0.6 is 0 Å². The molecule has 136 valence electrons. The van der Waals surface area contributed by atoms with Crippen LogP contribution in [0.1, 0.15) is 51.6 Å².